The number of hydrogen-bond donors (Lipinski definition) is 1. The lowest BCUT2D eigenvalue weighted by molar-refractivity contribution is -0.147. The van der Waals surface area contributed by atoms with Gasteiger partial charge in [-0.1, -0.05) is 38.1 Å². The fraction of sp³-hybridized carbons (Fsp3) is 0.500. The molecule has 27 heavy (non-hydrogen) atoms. The number of ether oxygens (including phenoxy) is 1. The number of anilines is 1. The van der Waals surface area contributed by atoms with E-state index in [1.165, 1.54) is 0 Å². The van der Waals surface area contributed by atoms with Crippen molar-refractivity contribution < 1.29 is 18.8 Å². The molecular formula is C20H27N3O4. The number of hydrogen-bond acceptors (Lipinski definition) is 6. The van der Waals surface area contributed by atoms with Crippen molar-refractivity contribution >= 4 is 17.6 Å². The maximum absolute atomic E-state index is 12.0. The Balaban J connectivity index is 1.71. The minimum absolute atomic E-state index is 0.177. The number of benzene rings is 1. The minimum atomic E-state index is -0.429. The molecule has 0 saturated carbocycles. The molecule has 0 spiro atoms. The first-order valence-electron chi connectivity index (χ1n) is 9.01. The molecule has 1 amide bonds. The molecule has 0 radical (unpaired) electrons. The molecule has 0 aliphatic rings. The first kappa shape index (κ1) is 20.6. The van der Waals surface area contributed by atoms with E-state index in [4.69, 9.17) is 9.26 Å². The Morgan fingerprint density at radius 2 is 1.96 bits per heavy atom. The van der Waals surface area contributed by atoms with Crippen molar-refractivity contribution in [3.05, 3.63) is 41.0 Å². The minimum Gasteiger partial charge on any atom is -0.456 e. The predicted octanol–water partition coefficient (Wildman–Crippen LogP) is 3.49. The predicted molar refractivity (Wildman–Crippen MR) is 101 cm³/mol. The van der Waals surface area contributed by atoms with Crippen LogP contribution in [0.5, 0.6) is 0 Å². The maximum Gasteiger partial charge on any atom is 0.306 e. The van der Waals surface area contributed by atoms with Crippen LogP contribution in [-0.4, -0.2) is 28.6 Å². The number of nitrogens with one attached hydrogen (secondary N) is 1. The second-order valence-electron chi connectivity index (χ2n) is 7.57. The highest BCUT2D eigenvalue weighted by atomic mass is 16.5. The van der Waals surface area contributed by atoms with E-state index in [-0.39, 0.29) is 24.3 Å². The highest BCUT2D eigenvalue weighted by molar-refractivity contribution is 5.93. The van der Waals surface area contributed by atoms with E-state index in [9.17, 15) is 9.59 Å². The molecule has 0 bridgehead atoms. The molecule has 1 N–H and O–H groups in total. The SMILES string of the molecule is Cc1cccc(NC(=O)COC(=O)CCCc2nc(C(C)(C)C)no2)c1C. The van der Waals surface area contributed by atoms with Gasteiger partial charge in [-0.3, -0.25) is 9.59 Å². The van der Waals surface area contributed by atoms with Crippen LogP contribution >= 0.6 is 0 Å². The number of aromatic nitrogens is 2. The molecule has 7 nitrogen and oxygen atoms in total. The van der Waals surface area contributed by atoms with E-state index in [1.54, 1.807) is 0 Å². The van der Waals surface area contributed by atoms with Crippen molar-refractivity contribution in [2.24, 2.45) is 0 Å². The van der Waals surface area contributed by atoms with E-state index in [1.807, 2.05) is 52.8 Å². The number of amides is 1. The van der Waals surface area contributed by atoms with Crippen LogP contribution < -0.4 is 5.32 Å². The second-order valence-corrected chi connectivity index (χ2v) is 7.57. The molecule has 2 rings (SSSR count). The van der Waals surface area contributed by atoms with E-state index in [0.29, 0.717) is 24.6 Å². The quantitative estimate of drug-likeness (QED) is 0.747. The summed E-state index contributed by atoms with van der Waals surface area (Å²) in [5.41, 5.74) is 2.62. The molecule has 0 aliphatic carbocycles. The van der Waals surface area contributed by atoms with Crippen molar-refractivity contribution in [2.75, 3.05) is 11.9 Å². The molecule has 0 saturated heterocycles. The highest BCUT2D eigenvalue weighted by Crippen LogP contribution is 2.19. The topological polar surface area (TPSA) is 94.3 Å². The average molecular weight is 373 g/mol. The Kier molecular flexibility index (Phi) is 6.71. The lowest BCUT2D eigenvalue weighted by atomic mass is 9.96. The van der Waals surface area contributed by atoms with Gasteiger partial charge in [-0.2, -0.15) is 4.98 Å². The lowest BCUT2D eigenvalue weighted by Gasteiger charge is -2.11. The Bertz CT molecular complexity index is 806. The number of nitrogens with zero attached hydrogens (tertiary/aromatic N) is 2. The Morgan fingerprint density at radius 1 is 1.22 bits per heavy atom. The molecule has 2 aromatic rings. The van der Waals surface area contributed by atoms with Gasteiger partial charge in [0.05, 0.1) is 0 Å². The molecule has 0 aliphatic heterocycles. The summed E-state index contributed by atoms with van der Waals surface area (Å²) in [6.07, 6.45) is 1.19. The van der Waals surface area contributed by atoms with Gasteiger partial charge in [0.25, 0.3) is 5.91 Å². The summed E-state index contributed by atoms with van der Waals surface area (Å²) in [5, 5.41) is 6.70. The van der Waals surface area contributed by atoms with Gasteiger partial charge in [0.15, 0.2) is 12.4 Å². The van der Waals surface area contributed by atoms with Crippen LogP contribution in [0.4, 0.5) is 5.69 Å². The first-order chi connectivity index (χ1) is 12.7. The Morgan fingerprint density at radius 3 is 2.63 bits per heavy atom. The fourth-order valence-corrected chi connectivity index (χ4v) is 2.34. The Hall–Kier alpha value is -2.70. The number of aryl methyl sites for hydroxylation is 2. The number of carbonyl (C=O) groups excluding carboxylic acids is 2. The standard InChI is InChI=1S/C20H27N3O4/c1-13-8-6-9-15(14(13)2)21-16(24)12-26-18(25)11-7-10-17-22-19(23-27-17)20(3,4)5/h6,8-9H,7,10-12H2,1-5H3,(H,21,24). The fourth-order valence-electron chi connectivity index (χ4n) is 2.34. The van der Waals surface area contributed by atoms with Gasteiger partial charge in [0, 0.05) is 23.9 Å². The van der Waals surface area contributed by atoms with Crippen molar-refractivity contribution in [1.82, 2.24) is 10.1 Å². The molecule has 0 atom stereocenters. The zero-order valence-electron chi connectivity index (χ0n) is 16.6. The van der Waals surface area contributed by atoms with Crippen molar-refractivity contribution in [1.29, 1.82) is 0 Å². The Labute approximate surface area is 159 Å². The zero-order chi connectivity index (χ0) is 20.0. The van der Waals surface area contributed by atoms with Gasteiger partial charge in [0.2, 0.25) is 5.89 Å². The van der Waals surface area contributed by atoms with Crippen molar-refractivity contribution in [3.8, 4) is 0 Å². The maximum atomic E-state index is 12.0. The largest absolute Gasteiger partial charge is 0.456 e. The van der Waals surface area contributed by atoms with E-state index >= 15 is 0 Å². The van der Waals surface area contributed by atoms with Crippen LogP contribution in [0.25, 0.3) is 0 Å². The average Bonchev–Trinajstić information content (AvgIpc) is 3.06. The normalized spacial score (nSPS) is 11.3. The van der Waals surface area contributed by atoms with Gasteiger partial charge < -0.3 is 14.6 Å². The summed E-state index contributed by atoms with van der Waals surface area (Å²) in [6.45, 7) is 9.60. The molecule has 1 aromatic heterocycles. The van der Waals surface area contributed by atoms with Crippen LogP contribution in [0, 0.1) is 13.8 Å². The number of carbonyl (C=O) groups is 2. The van der Waals surface area contributed by atoms with Crippen molar-refractivity contribution in [3.63, 3.8) is 0 Å². The summed E-state index contributed by atoms with van der Waals surface area (Å²) in [7, 11) is 0. The molecule has 7 heteroatoms. The molecule has 1 heterocycles. The van der Waals surface area contributed by atoms with E-state index in [2.05, 4.69) is 15.5 Å². The molecular weight excluding hydrogens is 346 g/mol. The second kappa shape index (κ2) is 8.79. The first-order valence-corrected chi connectivity index (χ1v) is 9.01. The molecule has 0 fully saturated rings. The summed E-state index contributed by atoms with van der Waals surface area (Å²) in [4.78, 5) is 28.1. The van der Waals surface area contributed by atoms with Crippen LogP contribution in [-0.2, 0) is 26.2 Å². The number of esters is 1. The van der Waals surface area contributed by atoms with Crippen LogP contribution in [0.3, 0.4) is 0 Å². The summed E-state index contributed by atoms with van der Waals surface area (Å²) >= 11 is 0. The van der Waals surface area contributed by atoms with Gasteiger partial charge in [0.1, 0.15) is 0 Å². The van der Waals surface area contributed by atoms with Gasteiger partial charge in [-0.05, 0) is 37.5 Å². The summed E-state index contributed by atoms with van der Waals surface area (Å²) in [6, 6.07) is 5.66. The van der Waals surface area contributed by atoms with Crippen LogP contribution in [0.2, 0.25) is 0 Å². The van der Waals surface area contributed by atoms with Gasteiger partial charge in [-0.25, -0.2) is 0 Å². The van der Waals surface area contributed by atoms with Crippen LogP contribution in [0.1, 0.15) is 56.5 Å². The summed E-state index contributed by atoms with van der Waals surface area (Å²) < 4.78 is 10.2. The molecule has 1 aromatic carbocycles. The third-order valence-electron chi connectivity index (χ3n) is 4.15. The monoisotopic (exact) mass is 373 g/mol. The number of rotatable bonds is 7. The highest BCUT2D eigenvalue weighted by Gasteiger charge is 2.20. The molecule has 146 valence electrons. The van der Waals surface area contributed by atoms with Gasteiger partial charge >= 0.3 is 5.97 Å². The van der Waals surface area contributed by atoms with Gasteiger partial charge in [-0.15, -0.1) is 0 Å². The zero-order valence-corrected chi connectivity index (χ0v) is 16.6. The van der Waals surface area contributed by atoms with Crippen molar-refractivity contribution in [2.45, 2.75) is 59.3 Å². The summed E-state index contributed by atoms with van der Waals surface area (Å²) in [5.74, 6) is 0.356. The lowest BCUT2D eigenvalue weighted by Crippen LogP contribution is -2.21. The smallest absolute Gasteiger partial charge is 0.306 e. The van der Waals surface area contributed by atoms with Crippen LogP contribution in [0.15, 0.2) is 22.7 Å². The third-order valence-corrected chi connectivity index (χ3v) is 4.15. The van der Waals surface area contributed by atoms with E-state index < -0.39 is 5.97 Å². The molecule has 0 unspecified atom stereocenters. The third kappa shape index (κ3) is 6.20. The van der Waals surface area contributed by atoms with E-state index in [0.717, 1.165) is 16.8 Å².